The fourth-order valence-electron chi connectivity index (χ4n) is 13.2. The average molecular weight is 978 g/mol. The van der Waals surface area contributed by atoms with E-state index >= 15 is 0 Å². The summed E-state index contributed by atoms with van der Waals surface area (Å²) in [4.78, 5) is 0. The normalized spacial score (nSPS) is 12.4. The van der Waals surface area contributed by atoms with Crippen molar-refractivity contribution in [3.05, 3.63) is 230 Å². The average Bonchev–Trinajstić information content (AvgIpc) is 4.45. The van der Waals surface area contributed by atoms with Crippen LogP contribution in [0.3, 0.4) is 0 Å². The Morgan fingerprint density at radius 2 is 0.711 bits per heavy atom. The van der Waals surface area contributed by atoms with Gasteiger partial charge in [-0.3, -0.25) is 0 Å². The summed E-state index contributed by atoms with van der Waals surface area (Å²) >= 11 is 0. The highest BCUT2D eigenvalue weighted by molar-refractivity contribution is 6.26. The van der Waals surface area contributed by atoms with E-state index in [9.17, 15) is 0 Å². The summed E-state index contributed by atoms with van der Waals surface area (Å²) in [5.74, 6) is 0. The van der Waals surface area contributed by atoms with Crippen LogP contribution in [0, 0.1) is 0 Å². The fourth-order valence-corrected chi connectivity index (χ4v) is 13.2. The molecule has 7 heteroatoms. The molecule has 360 valence electrons. The van der Waals surface area contributed by atoms with Crippen LogP contribution < -0.4 is 11.5 Å². The number of furan rings is 2. The highest BCUT2D eigenvalue weighted by Crippen LogP contribution is 2.54. The van der Waals surface area contributed by atoms with Crippen molar-refractivity contribution in [2.45, 2.75) is 19.4 Å². The van der Waals surface area contributed by atoms with Crippen molar-refractivity contribution in [3.8, 4) is 33.6 Å². The summed E-state index contributed by atoms with van der Waals surface area (Å²) in [5, 5.41) is 10.9. The molecule has 0 aliphatic heterocycles. The van der Waals surface area contributed by atoms with Crippen molar-refractivity contribution < 1.29 is 8.83 Å². The predicted octanol–water partition coefficient (Wildman–Crippen LogP) is 18.1. The van der Waals surface area contributed by atoms with E-state index in [1.807, 2.05) is 36.4 Å². The van der Waals surface area contributed by atoms with E-state index in [1.165, 1.54) is 10.8 Å². The smallest absolute Gasteiger partial charge is 0.145 e. The second kappa shape index (κ2) is 15.5. The van der Waals surface area contributed by atoms with Gasteiger partial charge < -0.3 is 34.0 Å². The first-order valence-corrected chi connectivity index (χ1v) is 25.9. The number of hydrogen-bond acceptors (Lipinski definition) is 4. The van der Waals surface area contributed by atoms with Crippen molar-refractivity contribution in [2.75, 3.05) is 11.5 Å². The van der Waals surface area contributed by atoms with E-state index < -0.39 is 5.54 Å². The van der Waals surface area contributed by atoms with Gasteiger partial charge in [0.2, 0.25) is 0 Å². The minimum atomic E-state index is -0.835. The molecule has 0 aliphatic carbocycles. The van der Waals surface area contributed by atoms with Crippen LogP contribution in [0.25, 0.3) is 143 Å². The first-order valence-electron chi connectivity index (χ1n) is 25.9. The lowest BCUT2D eigenvalue weighted by molar-refractivity contribution is 0.467. The molecule has 7 nitrogen and oxygen atoms in total. The van der Waals surface area contributed by atoms with Gasteiger partial charge in [-0.1, -0.05) is 146 Å². The number of nitrogens with two attached hydrogens (primary N) is 2. The summed E-state index contributed by atoms with van der Waals surface area (Å²) in [5.41, 5.74) is 31.8. The van der Waals surface area contributed by atoms with Crippen LogP contribution >= 0.6 is 0 Å². The molecule has 0 saturated heterocycles. The van der Waals surface area contributed by atoms with Crippen LogP contribution in [0.1, 0.15) is 19.4 Å². The molecule has 0 unspecified atom stereocenters. The van der Waals surface area contributed by atoms with E-state index in [1.54, 1.807) is 0 Å². The van der Waals surface area contributed by atoms with Crippen LogP contribution in [0.4, 0.5) is 11.4 Å². The maximum Gasteiger partial charge on any atom is 0.145 e. The summed E-state index contributed by atoms with van der Waals surface area (Å²) in [6.45, 7) is 4.74. The number of nitrogen functional groups attached to an aromatic ring is 2. The summed E-state index contributed by atoms with van der Waals surface area (Å²) in [7, 11) is 0. The van der Waals surface area contributed by atoms with Crippen molar-refractivity contribution >= 4 is 121 Å². The summed E-state index contributed by atoms with van der Waals surface area (Å²) in [6, 6.07) is 79.8. The molecule has 16 rings (SSSR count). The molecule has 5 aromatic heterocycles. The third-order valence-corrected chi connectivity index (χ3v) is 16.3. The molecule has 16 aromatic rings. The van der Waals surface area contributed by atoms with Gasteiger partial charge in [0, 0.05) is 87.8 Å². The lowest BCUT2D eigenvalue weighted by Gasteiger charge is -2.37. The monoisotopic (exact) mass is 977 g/mol. The van der Waals surface area contributed by atoms with Gasteiger partial charge in [-0.15, -0.1) is 0 Å². The second-order valence-corrected chi connectivity index (χ2v) is 20.7. The molecule has 5 heterocycles. The van der Waals surface area contributed by atoms with Crippen LogP contribution in [0.2, 0.25) is 0 Å². The lowest BCUT2D eigenvalue weighted by atomic mass is 9.78. The van der Waals surface area contributed by atoms with Crippen LogP contribution in [0.15, 0.2) is 233 Å². The molecular formula is C69H47N5O2. The maximum atomic E-state index is 7.44. The molecule has 0 spiro atoms. The molecule has 0 bridgehead atoms. The Labute approximate surface area is 435 Å². The molecule has 11 aromatic carbocycles. The molecule has 0 amide bonds. The van der Waals surface area contributed by atoms with Gasteiger partial charge in [0.05, 0.1) is 49.8 Å². The molecule has 0 fully saturated rings. The molecule has 4 N–H and O–H groups in total. The highest BCUT2D eigenvalue weighted by atomic mass is 16.3. The molecule has 0 atom stereocenters. The number of para-hydroxylation sites is 8. The van der Waals surface area contributed by atoms with Crippen molar-refractivity contribution in [3.63, 3.8) is 0 Å². The number of benzene rings is 11. The molecule has 0 radical (unpaired) electrons. The van der Waals surface area contributed by atoms with Gasteiger partial charge in [0.25, 0.3) is 0 Å². The Morgan fingerprint density at radius 3 is 1.16 bits per heavy atom. The van der Waals surface area contributed by atoms with Gasteiger partial charge in [0.15, 0.2) is 0 Å². The summed E-state index contributed by atoms with van der Waals surface area (Å²) < 4.78 is 21.3. The van der Waals surface area contributed by atoms with E-state index in [-0.39, 0.29) is 0 Å². The Kier molecular flexibility index (Phi) is 8.69. The first-order chi connectivity index (χ1) is 37.3. The van der Waals surface area contributed by atoms with Gasteiger partial charge in [-0.25, -0.2) is 0 Å². The van der Waals surface area contributed by atoms with Crippen LogP contribution in [-0.4, -0.2) is 13.7 Å². The van der Waals surface area contributed by atoms with Gasteiger partial charge in [-0.05, 0) is 98.3 Å². The quantitative estimate of drug-likeness (QED) is 0.162. The number of aromatic nitrogens is 3. The van der Waals surface area contributed by atoms with E-state index in [2.05, 4.69) is 216 Å². The minimum absolute atomic E-state index is 0.660. The number of rotatable bonds is 6. The molecule has 0 saturated carbocycles. The first kappa shape index (κ1) is 42.5. The van der Waals surface area contributed by atoms with E-state index in [0.29, 0.717) is 11.4 Å². The Hall–Kier alpha value is -9.98. The zero-order chi connectivity index (χ0) is 50.6. The standard InChI is InChI=1S/C69H47N5O2/c1-69(2,74-54-31-15-5-19-40(54)41-20-6-16-32-55(41)74)66-62(46-23-3-11-27-50(46)70)58(72-52-29-13-7-25-48(52)64-56(72)37-35-44-42-21-9-17-33-60(42)75-67(44)64)39-59(63(66)47-24-4-12-28-51(47)71)73-53-30-14-8-26-49(53)65-57(73)38-36-45-43-22-10-18-34-61(43)76-68(45)65/h3-39H,70-71H2,1-2H3. The Balaban J connectivity index is 1.18. The topological polar surface area (TPSA) is 93.1 Å². The third kappa shape index (κ3) is 5.66. The fraction of sp³-hybridized carbons (Fsp3) is 0.0435. The second-order valence-electron chi connectivity index (χ2n) is 20.7. The minimum Gasteiger partial charge on any atom is -0.455 e. The summed E-state index contributed by atoms with van der Waals surface area (Å²) in [6.07, 6.45) is 0. The third-order valence-electron chi connectivity index (χ3n) is 16.3. The van der Waals surface area contributed by atoms with Gasteiger partial charge >= 0.3 is 0 Å². The van der Waals surface area contributed by atoms with E-state index in [4.69, 9.17) is 20.3 Å². The number of anilines is 2. The zero-order valence-electron chi connectivity index (χ0n) is 41.7. The molecular weight excluding hydrogens is 931 g/mol. The van der Waals surface area contributed by atoms with Crippen molar-refractivity contribution in [2.24, 2.45) is 0 Å². The van der Waals surface area contributed by atoms with Crippen LogP contribution in [0.5, 0.6) is 0 Å². The number of hydrogen-bond donors (Lipinski definition) is 2. The Bertz CT molecular complexity index is 4820. The lowest BCUT2D eigenvalue weighted by Crippen LogP contribution is -2.30. The van der Waals surface area contributed by atoms with Gasteiger partial charge in [-0.2, -0.15) is 0 Å². The van der Waals surface area contributed by atoms with Gasteiger partial charge in [0.1, 0.15) is 22.3 Å². The van der Waals surface area contributed by atoms with Crippen LogP contribution in [-0.2, 0) is 5.54 Å². The SMILES string of the molecule is CC(C)(c1c(-c2ccccc2N)c(-n2c3ccccc3c3c4oc5ccccc5c4ccc32)cc(-n2c3ccccc3c3c4oc5ccccc5c4ccc32)c1-c1ccccc1N)n1c2ccccc2c2ccccc21. The number of nitrogens with zero attached hydrogens (tertiary/aromatic N) is 3. The Morgan fingerprint density at radius 1 is 0.342 bits per heavy atom. The van der Waals surface area contributed by atoms with Crippen molar-refractivity contribution in [1.82, 2.24) is 13.7 Å². The highest BCUT2D eigenvalue weighted by Gasteiger charge is 2.38. The molecule has 76 heavy (non-hydrogen) atoms. The number of fused-ring (bicyclic) bond motifs is 17. The van der Waals surface area contributed by atoms with E-state index in [0.717, 1.165) is 138 Å². The maximum absolute atomic E-state index is 7.44. The van der Waals surface area contributed by atoms with Crippen molar-refractivity contribution in [1.29, 1.82) is 0 Å². The largest absolute Gasteiger partial charge is 0.455 e. The molecule has 0 aliphatic rings. The predicted molar refractivity (Wildman–Crippen MR) is 317 cm³/mol. The zero-order valence-corrected chi connectivity index (χ0v) is 41.7.